The minimum atomic E-state index is -0.477. The lowest BCUT2D eigenvalue weighted by atomic mass is 10.2. The van der Waals surface area contributed by atoms with Gasteiger partial charge in [-0.3, -0.25) is 10.1 Å². The van der Waals surface area contributed by atoms with Gasteiger partial charge in [0.2, 0.25) is 0 Å². The van der Waals surface area contributed by atoms with Crippen LogP contribution in [0.15, 0.2) is 54.7 Å². The quantitative estimate of drug-likeness (QED) is 0.225. The van der Waals surface area contributed by atoms with Gasteiger partial charge in [0.1, 0.15) is 17.2 Å². The molecular weight excluding hydrogens is 354 g/mol. The van der Waals surface area contributed by atoms with Gasteiger partial charge in [0.25, 0.3) is 5.70 Å². The van der Waals surface area contributed by atoms with E-state index in [1.165, 1.54) is 24.6 Å². The van der Waals surface area contributed by atoms with Crippen LogP contribution in [0, 0.1) is 22.0 Å². The summed E-state index contributed by atoms with van der Waals surface area (Å²) in [5.74, 6) is 6.61. The van der Waals surface area contributed by atoms with Gasteiger partial charge in [-0.25, -0.2) is 4.98 Å². The van der Waals surface area contributed by atoms with E-state index in [9.17, 15) is 10.1 Å². The standard InChI is InChI=1S/C17H15N3O3.C3H8.C2H6/c1-4-6-13-11-19-17-16(13)15(9-10-18-17)23-12(3)7-8-14(5-2)20(21)22;1-3-2;1-2/h5,7-11H,3H2,1-2H3,(H,18,19);3H2,1-2H3;1-2H3/b8-7-,14-5+;;. The maximum absolute atomic E-state index is 10.7. The second-order valence-electron chi connectivity index (χ2n) is 5.19. The lowest BCUT2D eigenvalue weighted by Gasteiger charge is -2.06. The number of allylic oxidation sites excluding steroid dienone is 3. The van der Waals surface area contributed by atoms with Crippen molar-refractivity contribution in [2.24, 2.45) is 0 Å². The number of aromatic nitrogens is 2. The highest BCUT2D eigenvalue weighted by atomic mass is 16.6. The molecule has 0 atom stereocenters. The monoisotopic (exact) mass is 383 g/mol. The summed E-state index contributed by atoms with van der Waals surface area (Å²) in [6.07, 6.45) is 8.79. The fraction of sp³-hybridized carbons (Fsp3) is 0.318. The first-order chi connectivity index (χ1) is 13.5. The van der Waals surface area contributed by atoms with Crippen LogP contribution in [0.2, 0.25) is 0 Å². The number of aromatic amines is 1. The molecule has 0 amide bonds. The summed E-state index contributed by atoms with van der Waals surface area (Å²) in [5.41, 5.74) is 1.38. The van der Waals surface area contributed by atoms with Crippen LogP contribution in [-0.4, -0.2) is 14.9 Å². The fourth-order valence-corrected chi connectivity index (χ4v) is 1.96. The second kappa shape index (κ2) is 13.8. The first kappa shape index (κ1) is 24.7. The Morgan fingerprint density at radius 1 is 1.39 bits per heavy atom. The summed E-state index contributed by atoms with van der Waals surface area (Å²) < 4.78 is 5.69. The predicted molar refractivity (Wildman–Crippen MR) is 116 cm³/mol. The van der Waals surface area contributed by atoms with Crippen molar-refractivity contribution >= 4 is 11.0 Å². The summed E-state index contributed by atoms with van der Waals surface area (Å²) >= 11 is 0. The maximum atomic E-state index is 10.7. The lowest BCUT2D eigenvalue weighted by Crippen LogP contribution is -1.96. The average molecular weight is 383 g/mol. The van der Waals surface area contributed by atoms with Crippen LogP contribution >= 0.6 is 0 Å². The van der Waals surface area contributed by atoms with E-state index in [2.05, 4.69) is 42.2 Å². The van der Waals surface area contributed by atoms with Crippen molar-refractivity contribution in [1.82, 2.24) is 9.97 Å². The first-order valence-electron chi connectivity index (χ1n) is 9.22. The van der Waals surface area contributed by atoms with Crippen LogP contribution in [0.3, 0.4) is 0 Å². The number of nitrogens with zero attached hydrogens (tertiary/aromatic N) is 2. The number of hydrogen-bond acceptors (Lipinski definition) is 4. The molecule has 2 rings (SSSR count). The molecule has 0 aliphatic carbocycles. The molecular formula is C22H29N3O3. The minimum Gasteiger partial charge on any atom is -0.457 e. The normalized spacial score (nSPS) is 10.1. The molecule has 0 fully saturated rings. The number of hydrogen-bond donors (Lipinski definition) is 1. The van der Waals surface area contributed by atoms with Crippen molar-refractivity contribution in [3.8, 4) is 17.6 Å². The molecule has 0 bridgehead atoms. The van der Waals surface area contributed by atoms with E-state index in [1.54, 1.807) is 32.3 Å². The van der Waals surface area contributed by atoms with Gasteiger partial charge in [-0.05, 0) is 32.1 Å². The highest BCUT2D eigenvalue weighted by Gasteiger charge is 2.10. The Hall–Kier alpha value is -3.33. The highest BCUT2D eigenvalue weighted by molar-refractivity contribution is 5.89. The zero-order valence-corrected chi connectivity index (χ0v) is 17.5. The molecule has 150 valence electrons. The van der Waals surface area contributed by atoms with Crippen molar-refractivity contribution in [1.29, 1.82) is 0 Å². The number of nitrogens with one attached hydrogen (secondary N) is 1. The Morgan fingerprint density at radius 2 is 2.04 bits per heavy atom. The van der Waals surface area contributed by atoms with Gasteiger partial charge in [-0.15, -0.1) is 5.92 Å². The zero-order chi connectivity index (χ0) is 21.5. The largest absolute Gasteiger partial charge is 0.457 e. The smallest absolute Gasteiger partial charge is 0.265 e. The Kier molecular flexibility index (Phi) is 12.2. The molecule has 0 aliphatic heterocycles. The molecule has 0 aliphatic rings. The molecule has 6 nitrogen and oxygen atoms in total. The Labute approximate surface area is 167 Å². The molecule has 2 aromatic rings. The lowest BCUT2D eigenvalue weighted by molar-refractivity contribution is -0.419. The first-order valence-corrected chi connectivity index (χ1v) is 9.22. The van der Waals surface area contributed by atoms with E-state index >= 15 is 0 Å². The van der Waals surface area contributed by atoms with Gasteiger partial charge in [-0.2, -0.15) is 0 Å². The summed E-state index contributed by atoms with van der Waals surface area (Å²) in [6, 6.07) is 1.69. The number of rotatable bonds is 5. The highest BCUT2D eigenvalue weighted by Crippen LogP contribution is 2.28. The van der Waals surface area contributed by atoms with E-state index in [4.69, 9.17) is 4.74 Å². The molecule has 0 unspecified atom stereocenters. The third-order valence-electron chi connectivity index (χ3n) is 2.98. The fourth-order valence-electron chi connectivity index (χ4n) is 1.96. The van der Waals surface area contributed by atoms with Gasteiger partial charge in [0, 0.05) is 18.5 Å². The van der Waals surface area contributed by atoms with E-state index in [-0.39, 0.29) is 11.5 Å². The summed E-state index contributed by atoms with van der Waals surface area (Å²) in [4.78, 5) is 17.5. The van der Waals surface area contributed by atoms with Crippen molar-refractivity contribution in [3.63, 3.8) is 0 Å². The summed E-state index contributed by atoms with van der Waals surface area (Å²) in [5, 5.41) is 11.5. The molecule has 28 heavy (non-hydrogen) atoms. The van der Waals surface area contributed by atoms with Crippen LogP contribution in [0.1, 0.15) is 53.5 Å². The number of nitro groups is 1. The zero-order valence-electron chi connectivity index (χ0n) is 17.5. The molecule has 0 aromatic carbocycles. The predicted octanol–water partition coefficient (Wildman–Crippen LogP) is 6.01. The van der Waals surface area contributed by atoms with Crippen LogP contribution < -0.4 is 4.74 Å². The number of H-pyrrole nitrogens is 1. The Morgan fingerprint density at radius 3 is 2.57 bits per heavy atom. The van der Waals surface area contributed by atoms with Gasteiger partial charge in [0.05, 0.1) is 15.9 Å². The summed E-state index contributed by atoms with van der Waals surface area (Å²) in [7, 11) is 0. The van der Waals surface area contributed by atoms with Crippen LogP contribution in [0.4, 0.5) is 0 Å². The van der Waals surface area contributed by atoms with E-state index in [0.717, 1.165) is 10.9 Å². The van der Waals surface area contributed by atoms with Crippen LogP contribution in [0.5, 0.6) is 5.75 Å². The van der Waals surface area contributed by atoms with Crippen molar-refractivity contribution < 1.29 is 9.66 Å². The summed E-state index contributed by atoms with van der Waals surface area (Å²) in [6.45, 7) is 15.3. The van der Waals surface area contributed by atoms with Crippen LogP contribution in [-0.2, 0) is 0 Å². The van der Waals surface area contributed by atoms with Gasteiger partial charge in [-0.1, -0.05) is 46.6 Å². The molecule has 0 spiro atoms. The van der Waals surface area contributed by atoms with Crippen molar-refractivity contribution in [3.05, 3.63) is 70.4 Å². The Bertz CT molecular complexity index is 897. The SMILES string of the molecule is C=C(/C=C\C(=C/C)[N+](=O)[O-])Oc1ccnc2[nH]cc(C#CC)c12.CC.CCC. The third kappa shape index (κ3) is 7.50. The molecule has 1 N–H and O–H groups in total. The number of ether oxygens (including phenoxy) is 1. The average Bonchev–Trinajstić information content (AvgIpc) is 3.09. The molecule has 0 saturated carbocycles. The van der Waals surface area contributed by atoms with Crippen molar-refractivity contribution in [2.45, 2.75) is 48.0 Å². The van der Waals surface area contributed by atoms with Gasteiger partial charge in [0.15, 0.2) is 0 Å². The molecule has 6 heteroatoms. The third-order valence-corrected chi connectivity index (χ3v) is 2.98. The molecule has 2 aromatic heterocycles. The molecule has 0 saturated heterocycles. The maximum Gasteiger partial charge on any atom is 0.265 e. The molecule has 2 heterocycles. The topological polar surface area (TPSA) is 81.1 Å². The molecule has 0 radical (unpaired) electrons. The Balaban J connectivity index is 0.00000133. The van der Waals surface area contributed by atoms with Crippen molar-refractivity contribution in [2.75, 3.05) is 0 Å². The van der Waals surface area contributed by atoms with Gasteiger partial charge < -0.3 is 9.72 Å². The van der Waals surface area contributed by atoms with E-state index < -0.39 is 4.92 Å². The van der Waals surface area contributed by atoms with E-state index in [0.29, 0.717) is 11.4 Å². The second-order valence-corrected chi connectivity index (χ2v) is 5.19. The minimum absolute atomic E-state index is 0.0335. The van der Waals surface area contributed by atoms with Gasteiger partial charge >= 0.3 is 0 Å². The number of pyridine rings is 1. The van der Waals surface area contributed by atoms with E-state index in [1.807, 2.05) is 13.8 Å². The number of fused-ring (bicyclic) bond motifs is 1. The van der Waals surface area contributed by atoms with Crippen LogP contribution in [0.25, 0.3) is 11.0 Å².